The van der Waals surface area contributed by atoms with Crippen LogP contribution in [0.3, 0.4) is 0 Å². The maximum Gasteiger partial charge on any atom is 0.228 e. The Bertz CT molecular complexity index is 969. The Morgan fingerprint density at radius 1 is 1.10 bits per heavy atom. The standard InChI is InChI=1S/C23H30N6O2/c1-13-4-3-5-14(2)29(13)23-27-18-12-25-22(31)19(18)20(28-23)26-16-8-6-15(7-9-16)17-10-11-24-21(17)30/h6-9,13-14,17,22,25,31H,3-5,10-12H2,1-2H3,(H,24,30)(H,26,27,28)/t13-,14+,17-,22?/m1/s1. The molecule has 1 aromatic heterocycles. The highest BCUT2D eigenvalue weighted by atomic mass is 16.3. The first-order chi connectivity index (χ1) is 15.0. The van der Waals surface area contributed by atoms with E-state index in [9.17, 15) is 9.90 Å². The van der Waals surface area contributed by atoms with Gasteiger partial charge in [0.2, 0.25) is 11.9 Å². The van der Waals surface area contributed by atoms with Crippen molar-refractivity contribution in [2.45, 2.75) is 70.3 Å². The summed E-state index contributed by atoms with van der Waals surface area (Å²) in [5.74, 6) is 1.37. The highest BCUT2D eigenvalue weighted by molar-refractivity contribution is 5.85. The van der Waals surface area contributed by atoms with Crippen LogP contribution < -0.4 is 20.9 Å². The predicted octanol–water partition coefficient (Wildman–Crippen LogP) is 2.69. The zero-order valence-corrected chi connectivity index (χ0v) is 18.1. The summed E-state index contributed by atoms with van der Waals surface area (Å²) >= 11 is 0. The lowest BCUT2D eigenvalue weighted by atomic mass is 9.97. The number of aliphatic hydroxyl groups excluding tert-OH is 1. The Labute approximate surface area is 182 Å². The predicted molar refractivity (Wildman–Crippen MR) is 119 cm³/mol. The van der Waals surface area contributed by atoms with Gasteiger partial charge in [0.05, 0.1) is 17.2 Å². The van der Waals surface area contributed by atoms with Crippen molar-refractivity contribution in [1.82, 2.24) is 20.6 Å². The van der Waals surface area contributed by atoms with E-state index >= 15 is 0 Å². The molecule has 2 fully saturated rings. The lowest BCUT2D eigenvalue weighted by Crippen LogP contribution is -2.45. The number of rotatable bonds is 4. The maximum atomic E-state index is 12.0. The van der Waals surface area contributed by atoms with Crippen molar-refractivity contribution in [3.8, 4) is 0 Å². The Kier molecular flexibility index (Phi) is 5.27. The molecular weight excluding hydrogens is 392 g/mol. The summed E-state index contributed by atoms with van der Waals surface area (Å²) in [6.07, 6.45) is 3.53. The van der Waals surface area contributed by atoms with Crippen LogP contribution in [0.4, 0.5) is 17.5 Å². The Morgan fingerprint density at radius 2 is 1.84 bits per heavy atom. The third kappa shape index (κ3) is 3.74. The second kappa shape index (κ2) is 8.09. The molecule has 1 unspecified atom stereocenters. The number of piperidine rings is 1. The summed E-state index contributed by atoms with van der Waals surface area (Å²) < 4.78 is 0. The lowest BCUT2D eigenvalue weighted by molar-refractivity contribution is -0.120. The third-order valence-electron chi connectivity index (χ3n) is 6.80. The number of aromatic nitrogens is 2. The minimum absolute atomic E-state index is 0.0722. The van der Waals surface area contributed by atoms with Gasteiger partial charge in [0.25, 0.3) is 0 Å². The molecule has 3 aliphatic rings. The molecule has 2 aromatic rings. The van der Waals surface area contributed by atoms with E-state index in [0.717, 1.165) is 48.7 Å². The average molecular weight is 423 g/mol. The maximum absolute atomic E-state index is 12.0. The molecule has 0 saturated carbocycles. The van der Waals surface area contributed by atoms with Crippen LogP contribution in [0.25, 0.3) is 0 Å². The second-order valence-corrected chi connectivity index (χ2v) is 8.93. The highest BCUT2D eigenvalue weighted by Crippen LogP contribution is 2.35. The number of carbonyl (C=O) groups excluding carboxylic acids is 1. The smallest absolute Gasteiger partial charge is 0.228 e. The van der Waals surface area contributed by atoms with Gasteiger partial charge in [-0.1, -0.05) is 12.1 Å². The number of anilines is 3. The molecule has 5 rings (SSSR count). The number of aliphatic hydroxyl groups is 1. The molecule has 0 spiro atoms. The van der Waals surface area contributed by atoms with Crippen molar-refractivity contribution in [2.24, 2.45) is 0 Å². The highest BCUT2D eigenvalue weighted by Gasteiger charge is 2.32. The summed E-state index contributed by atoms with van der Waals surface area (Å²) in [5.41, 5.74) is 3.43. The fraction of sp³-hybridized carbons (Fsp3) is 0.522. The van der Waals surface area contributed by atoms with Gasteiger partial charge in [-0.05, 0) is 57.2 Å². The van der Waals surface area contributed by atoms with Crippen molar-refractivity contribution in [3.63, 3.8) is 0 Å². The molecule has 0 radical (unpaired) electrons. The van der Waals surface area contributed by atoms with Gasteiger partial charge < -0.3 is 20.6 Å². The summed E-state index contributed by atoms with van der Waals surface area (Å²) in [5, 5.41) is 19.8. The summed E-state index contributed by atoms with van der Waals surface area (Å²) in [6, 6.07) is 8.68. The van der Waals surface area contributed by atoms with Gasteiger partial charge in [0, 0.05) is 30.9 Å². The number of carbonyl (C=O) groups is 1. The van der Waals surface area contributed by atoms with Gasteiger partial charge in [-0.15, -0.1) is 0 Å². The normalized spacial score (nSPS) is 27.8. The van der Waals surface area contributed by atoms with E-state index in [-0.39, 0.29) is 11.8 Å². The number of fused-ring (bicyclic) bond motifs is 1. The second-order valence-electron chi connectivity index (χ2n) is 8.93. The number of nitrogens with one attached hydrogen (secondary N) is 3. The fourth-order valence-electron chi connectivity index (χ4n) is 5.09. The van der Waals surface area contributed by atoms with E-state index in [0.29, 0.717) is 30.0 Å². The van der Waals surface area contributed by atoms with Crippen molar-refractivity contribution >= 4 is 23.4 Å². The fourth-order valence-corrected chi connectivity index (χ4v) is 5.09. The topological polar surface area (TPSA) is 102 Å². The number of benzene rings is 1. The van der Waals surface area contributed by atoms with E-state index in [1.807, 2.05) is 24.3 Å². The zero-order chi connectivity index (χ0) is 21.5. The number of nitrogens with zero attached hydrogens (tertiary/aromatic N) is 3. The zero-order valence-electron chi connectivity index (χ0n) is 18.1. The molecule has 164 valence electrons. The quantitative estimate of drug-likeness (QED) is 0.601. The van der Waals surface area contributed by atoms with E-state index < -0.39 is 6.23 Å². The molecule has 4 N–H and O–H groups in total. The van der Waals surface area contributed by atoms with Gasteiger partial charge in [0.1, 0.15) is 12.0 Å². The summed E-state index contributed by atoms with van der Waals surface area (Å²) in [6.45, 7) is 5.71. The largest absolute Gasteiger partial charge is 0.374 e. The van der Waals surface area contributed by atoms with Gasteiger partial charge in [-0.3, -0.25) is 10.1 Å². The van der Waals surface area contributed by atoms with Gasteiger partial charge in [-0.2, -0.15) is 4.98 Å². The van der Waals surface area contributed by atoms with Crippen LogP contribution in [-0.4, -0.2) is 39.6 Å². The number of hydrogen-bond donors (Lipinski definition) is 4. The number of hydrogen-bond acceptors (Lipinski definition) is 7. The average Bonchev–Trinajstić information content (AvgIpc) is 3.34. The first kappa shape index (κ1) is 20.2. The molecule has 4 atom stereocenters. The Morgan fingerprint density at radius 3 is 2.52 bits per heavy atom. The molecule has 1 aromatic carbocycles. The number of amides is 1. The van der Waals surface area contributed by atoms with Crippen LogP contribution in [0.2, 0.25) is 0 Å². The first-order valence-electron chi connectivity index (χ1n) is 11.3. The van der Waals surface area contributed by atoms with Gasteiger partial charge in [0.15, 0.2) is 0 Å². The van der Waals surface area contributed by atoms with Crippen LogP contribution in [-0.2, 0) is 11.3 Å². The molecule has 0 bridgehead atoms. The molecular formula is C23H30N6O2. The molecule has 8 heteroatoms. The van der Waals surface area contributed by atoms with Crippen molar-refractivity contribution in [1.29, 1.82) is 0 Å². The van der Waals surface area contributed by atoms with Gasteiger partial charge >= 0.3 is 0 Å². The van der Waals surface area contributed by atoms with Crippen LogP contribution in [0, 0.1) is 0 Å². The minimum atomic E-state index is -0.788. The lowest BCUT2D eigenvalue weighted by Gasteiger charge is -2.39. The van der Waals surface area contributed by atoms with Crippen LogP contribution >= 0.6 is 0 Å². The molecule has 4 heterocycles. The van der Waals surface area contributed by atoms with E-state index in [2.05, 4.69) is 34.7 Å². The van der Waals surface area contributed by atoms with Crippen molar-refractivity contribution in [2.75, 3.05) is 16.8 Å². The molecule has 31 heavy (non-hydrogen) atoms. The Hall–Kier alpha value is -2.71. The van der Waals surface area contributed by atoms with Crippen LogP contribution in [0.5, 0.6) is 0 Å². The molecule has 3 aliphatic heterocycles. The van der Waals surface area contributed by atoms with E-state index in [1.54, 1.807) is 0 Å². The van der Waals surface area contributed by atoms with E-state index in [4.69, 9.17) is 9.97 Å². The minimum Gasteiger partial charge on any atom is -0.374 e. The summed E-state index contributed by atoms with van der Waals surface area (Å²) in [7, 11) is 0. The molecule has 2 saturated heterocycles. The van der Waals surface area contributed by atoms with Crippen molar-refractivity contribution in [3.05, 3.63) is 41.1 Å². The first-order valence-corrected chi connectivity index (χ1v) is 11.3. The Balaban J connectivity index is 1.45. The third-order valence-corrected chi connectivity index (χ3v) is 6.80. The SMILES string of the molecule is C[C@@H]1CCC[C@H](C)N1c1nc2c(c(Nc3ccc([C@H]4CCNC4=O)cc3)n1)C(O)NC2. The molecule has 8 nitrogen and oxygen atoms in total. The van der Waals surface area contributed by atoms with Crippen LogP contribution in [0.15, 0.2) is 24.3 Å². The molecule has 0 aliphatic carbocycles. The van der Waals surface area contributed by atoms with E-state index in [1.165, 1.54) is 6.42 Å². The van der Waals surface area contributed by atoms with Gasteiger partial charge in [-0.25, -0.2) is 4.98 Å². The van der Waals surface area contributed by atoms with Crippen LogP contribution in [0.1, 0.15) is 68.5 Å². The monoisotopic (exact) mass is 422 g/mol. The van der Waals surface area contributed by atoms with Crippen molar-refractivity contribution < 1.29 is 9.90 Å². The summed E-state index contributed by atoms with van der Waals surface area (Å²) in [4.78, 5) is 24.0. The molecule has 1 amide bonds.